The molecule has 3 amide bonds. The summed E-state index contributed by atoms with van der Waals surface area (Å²) in [4.78, 5) is 46.2. The van der Waals surface area contributed by atoms with Crippen LogP contribution in [0.2, 0.25) is 0 Å². The van der Waals surface area contributed by atoms with Crippen molar-refractivity contribution in [1.82, 2.24) is 10.3 Å². The van der Waals surface area contributed by atoms with Gasteiger partial charge in [-0.1, -0.05) is 43.5 Å². The van der Waals surface area contributed by atoms with Crippen molar-refractivity contribution in [2.45, 2.75) is 77.3 Å². The molecule has 216 valence electrons. The van der Waals surface area contributed by atoms with Gasteiger partial charge in [0.05, 0.1) is 7.11 Å². The lowest BCUT2D eigenvalue weighted by molar-refractivity contribution is -0.127. The van der Waals surface area contributed by atoms with E-state index >= 15 is 0 Å². The molecule has 1 heterocycles. The number of pyridine rings is 1. The summed E-state index contributed by atoms with van der Waals surface area (Å²) in [6, 6.07) is 17.6. The predicted molar refractivity (Wildman–Crippen MR) is 161 cm³/mol. The minimum absolute atomic E-state index is 0.0870. The third kappa shape index (κ3) is 8.16. The molecule has 0 bridgehead atoms. The van der Waals surface area contributed by atoms with Gasteiger partial charge in [-0.2, -0.15) is 0 Å². The summed E-state index contributed by atoms with van der Waals surface area (Å²) >= 11 is 0. The summed E-state index contributed by atoms with van der Waals surface area (Å²) in [5, 5.41) is 6.01. The van der Waals surface area contributed by atoms with Crippen LogP contribution in [0.5, 0.6) is 5.75 Å². The molecule has 1 aromatic heterocycles. The summed E-state index contributed by atoms with van der Waals surface area (Å²) in [7, 11) is 1.59. The number of anilines is 2. The minimum atomic E-state index is -0.875. The third-order valence-electron chi connectivity index (χ3n) is 7.65. The lowest BCUT2D eigenvalue weighted by Crippen LogP contribution is -2.47. The molecule has 2 N–H and O–H groups in total. The Morgan fingerprint density at radius 2 is 1.71 bits per heavy atom. The molecular weight excluding hydrogens is 516 g/mol. The molecule has 41 heavy (non-hydrogen) atoms. The van der Waals surface area contributed by atoms with E-state index in [2.05, 4.69) is 15.6 Å². The first-order chi connectivity index (χ1) is 19.9. The summed E-state index contributed by atoms with van der Waals surface area (Å²) in [6.45, 7) is 4.01. The molecule has 0 saturated heterocycles. The molecule has 0 unspecified atom stereocenters. The minimum Gasteiger partial charge on any atom is -0.497 e. The number of hydrogen-bond acceptors (Lipinski definition) is 5. The lowest BCUT2D eigenvalue weighted by Gasteiger charge is -2.34. The molecular formula is C33H40N4O4. The first-order valence-electron chi connectivity index (χ1n) is 14.4. The predicted octanol–water partition coefficient (Wildman–Crippen LogP) is 6.04. The quantitative estimate of drug-likeness (QED) is 0.300. The first-order valence-corrected chi connectivity index (χ1v) is 14.4. The van der Waals surface area contributed by atoms with Crippen LogP contribution in [0.15, 0.2) is 66.9 Å². The summed E-state index contributed by atoms with van der Waals surface area (Å²) in [5.74, 6) is 0.499. The van der Waals surface area contributed by atoms with Gasteiger partial charge in [-0.15, -0.1) is 0 Å². The topological polar surface area (TPSA) is 101 Å². The van der Waals surface area contributed by atoms with E-state index in [0.717, 1.165) is 36.8 Å². The van der Waals surface area contributed by atoms with Crippen LogP contribution in [0.25, 0.3) is 0 Å². The molecule has 0 radical (unpaired) electrons. The maximum absolute atomic E-state index is 14.0. The Balaban J connectivity index is 1.61. The third-order valence-corrected chi connectivity index (χ3v) is 7.65. The summed E-state index contributed by atoms with van der Waals surface area (Å²) in [5.41, 5.74) is 3.46. The van der Waals surface area contributed by atoms with E-state index < -0.39 is 6.04 Å². The Morgan fingerprint density at radius 3 is 2.37 bits per heavy atom. The van der Waals surface area contributed by atoms with E-state index in [0.29, 0.717) is 29.2 Å². The number of hydrogen-bond donors (Lipinski definition) is 2. The van der Waals surface area contributed by atoms with Gasteiger partial charge in [0.25, 0.3) is 0 Å². The van der Waals surface area contributed by atoms with Crippen LogP contribution in [0.4, 0.5) is 11.5 Å². The van der Waals surface area contributed by atoms with Crippen molar-refractivity contribution in [3.8, 4) is 5.75 Å². The number of methoxy groups -OCH3 is 1. The van der Waals surface area contributed by atoms with Crippen molar-refractivity contribution in [2.24, 2.45) is 0 Å². The van der Waals surface area contributed by atoms with Gasteiger partial charge in [-0.3, -0.25) is 19.3 Å². The van der Waals surface area contributed by atoms with Crippen LogP contribution in [-0.4, -0.2) is 35.9 Å². The number of carbonyl (C=O) groups excluding carboxylic acids is 3. The van der Waals surface area contributed by atoms with Crippen molar-refractivity contribution in [3.05, 3.63) is 83.6 Å². The van der Waals surface area contributed by atoms with Gasteiger partial charge in [0, 0.05) is 30.8 Å². The van der Waals surface area contributed by atoms with Gasteiger partial charge >= 0.3 is 0 Å². The number of ether oxygens (including phenoxy) is 1. The molecule has 1 fully saturated rings. The number of carbonyl (C=O) groups is 3. The molecule has 1 saturated carbocycles. The van der Waals surface area contributed by atoms with Crippen molar-refractivity contribution in [2.75, 3.05) is 17.3 Å². The zero-order valence-corrected chi connectivity index (χ0v) is 24.2. The maximum Gasteiger partial charge on any atom is 0.248 e. The number of nitrogens with zero attached hydrogens (tertiary/aromatic N) is 2. The Hall–Kier alpha value is -4.20. The fourth-order valence-corrected chi connectivity index (χ4v) is 5.21. The normalized spacial score (nSPS) is 14.1. The van der Waals surface area contributed by atoms with Crippen LogP contribution in [-0.2, 0) is 14.4 Å². The second kappa shape index (κ2) is 14.4. The zero-order valence-electron chi connectivity index (χ0n) is 24.2. The van der Waals surface area contributed by atoms with Crippen LogP contribution in [0.3, 0.4) is 0 Å². The Bertz CT molecular complexity index is 1320. The first kappa shape index (κ1) is 29.8. The van der Waals surface area contributed by atoms with Crippen molar-refractivity contribution >= 4 is 29.2 Å². The molecule has 8 heteroatoms. The van der Waals surface area contributed by atoms with E-state index in [-0.39, 0.29) is 36.6 Å². The van der Waals surface area contributed by atoms with E-state index in [4.69, 9.17) is 4.74 Å². The smallest absolute Gasteiger partial charge is 0.248 e. The van der Waals surface area contributed by atoms with Crippen LogP contribution in [0, 0.1) is 13.8 Å². The van der Waals surface area contributed by atoms with Crippen LogP contribution < -0.4 is 20.3 Å². The molecule has 1 aliphatic carbocycles. The van der Waals surface area contributed by atoms with E-state index in [1.807, 2.05) is 44.2 Å². The number of aryl methyl sites for hydroxylation is 2. The zero-order chi connectivity index (χ0) is 29.2. The molecule has 4 rings (SSSR count). The molecule has 2 aromatic carbocycles. The average Bonchev–Trinajstić information content (AvgIpc) is 2.98. The van der Waals surface area contributed by atoms with Crippen molar-refractivity contribution < 1.29 is 19.1 Å². The highest BCUT2D eigenvalue weighted by Gasteiger charge is 2.34. The second-order valence-corrected chi connectivity index (χ2v) is 10.7. The van der Waals surface area contributed by atoms with Gasteiger partial charge < -0.3 is 15.4 Å². The highest BCUT2D eigenvalue weighted by Crippen LogP contribution is 2.32. The standard InChI is InChI=1S/C33H40N4O4/c1-23-15-18-27(22-24(23)2)37(31(39)14-9-13-30(38)36-29-12-7-8-21-34-29)32(25-16-19-28(41-3)20-17-25)33(40)35-26-10-5-4-6-11-26/h7-8,12,15-22,26,32H,4-6,9-11,13-14H2,1-3H3,(H,35,40)(H,34,36,38)/t32-/m1/s1. The second-order valence-electron chi connectivity index (χ2n) is 10.7. The van der Waals surface area contributed by atoms with E-state index in [9.17, 15) is 14.4 Å². The fraction of sp³-hybridized carbons (Fsp3) is 0.394. The number of rotatable bonds is 11. The van der Waals surface area contributed by atoms with E-state index in [1.165, 1.54) is 6.42 Å². The molecule has 1 aliphatic rings. The van der Waals surface area contributed by atoms with Crippen LogP contribution in [0.1, 0.15) is 74.1 Å². The van der Waals surface area contributed by atoms with Gasteiger partial charge in [-0.05, 0) is 86.2 Å². The lowest BCUT2D eigenvalue weighted by atomic mass is 9.94. The Labute approximate surface area is 242 Å². The monoisotopic (exact) mass is 556 g/mol. The number of amides is 3. The molecule has 3 aromatic rings. The van der Waals surface area contributed by atoms with Gasteiger partial charge in [0.2, 0.25) is 17.7 Å². The van der Waals surface area contributed by atoms with Gasteiger partial charge in [-0.25, -0.2) is 4.98 Å². The Kier molecular flexibility index (Phi) is 10.5. The van der Waals surface area contributed by atoms with Crippen LogP contribution >= 0.6 is 0 Å². The average molecular weight is 557 g/mol. The number of nitrogens with one attached hydrogen (secondary N) is 2. The summed E-state index contributed by atoms with van der Waals surface area (Å²) in [6.07, 6.45) is 7.41. The highest BCUT2D eigenvalue weighted by molar-refractivity contribution is 6.01. The number of aromatic nitrogens is 1. The molecule has 0 aliphatic heterocycles. The molecule has 1 atom stereocenters. The number of benzene rings is 2. The van der Waals surface area contributed by atoms with Gasteiger partial charge in [0.1, 0.15) is 17.6 Å². The molecule has 0 spiro atoms. The van der Waals surface area contributed by atoms with Gasteiger partial charge in [0.15, 0.2) is 0 Å². The largest absolute Gasteiger partial charge is 0.497 e. The highest BCUT2D eigenvalue weighted by atomic mass is 16.5. The van der Waals surface area contributed by atoms with Crippen molar-refractivity contribution in [3.63, 3.8) is 0 Å². The molecule has 8 nitrogen and oxygen atoms in total. The summed E-state index contributed by atoms with van der Waals surface area (Å²) < 4.78 is 5.35. The fourth-order valence-electron chi connectivity index (χ4n) is 5.21. The maximum atomic E-state index is 14.0. The van der Waals surface area contributed by atoms with Crippen molar-refractivity contribution in [1.29, 1.82) is 0 Å². The Morgan fingerprint density at radius 1 is 0.951 bits per heavy atom. The SMILES string of the molecule is COc1ccc([C@H](C(=O)NC2CCCCC2)N(C(=O)CCCC(=O)Nc2ccccn2)c2ccc(C)c(C)c2)cc1. The van der Waals surface area contributed by atoms with E-state index in [1.54, 1.807) is 48.5 Å².